The van der Waals surface area contributed by atoms with Gasteiger partial charge in [0.15, 0.2) is 0 Å². The molecular weight excluding hydrogens is 333 g/mol. The lowest BCUT2D eigenvalue weighted by Gasteiger charge is -2.42. The fourth-order valence-corrected chi connectivity index (χ4v) is 4.06. The predicted molar refractivity (Wildman–Crippen MR) is 96.6 cm³/mol. The summed E-state index contributed by atoms with van der Waals surface area (Å²) in [5.41, 5.74) is 3.48. The Bertz CT molecular complexity index is 581. The van der Waals surface area contributed by atoms with Crippen LogP contribution in [0.4, 0.5) is 0 Å². The summed E-state index contributed by atoms with van der Waals surface area (Å²) >= 11 is 0. The number of carbonyl (C=O) groups is 1. The number of rotatable bonds is 1. The summed E-state index contributed by atoms with van der Waals surface area (Å²) in [7, 11) is 0. The Balaban J connectivity index is 0.000000960. The molecule has 2 unspecified atom stereocenters. The van der Waals surface area contributed by atoms with E-state index in [0.717, 1.165) is 31.7 Å². The molecule has 6 heteroatoms. The number of halogens is 2. The van der Waals surface area contributed by atoms with E-state index in [-0.39, 0.29) is 30.7 Å². The van der Waals surface area contributed by atoms with Crippen molar-refractivity contribution in [2.24, 2.45) is 0 Å². The molecule has 23 heavy (non-hydrogen) atoms. The lowest BCUT2D eigenvalue weighted by Crippen LogP contribution is -2.56. The van der Waals surface area contributed by atoms with E-state index in [2.05, 4.69) is 34.2 Å². The Morgan fingerprint density at radius 3 is 2.78 bits per heavy atom. The monoisotopic (exact) mass is 357 g/mol. The van der Waals surface area contributed by atoms with Crippen LogP contribution < -0.4 is 5.32 Å². The Morgan fingerprint density at radius 2 is 1.96 bits per heavy atom. The van der Waals surface area contributed by atoms with Gasteiger partial charge in [-0.05, 0) is 49.6 Å². The fourth-order valence-electron chi connectivity index (χ4n) is 4.06. The van der Waals surface area contributed by atoms with Crippen molar-refractivity contribution in [1.82, 2.24) is 15.1 Å². The summed E-state index contributed by atoms with van der Waals surface area (Å²) in [5.74, 6) is 0.212. The highest BCUT2D eigenvalue weighted by Gasteiger charge is 2.36. The van der Waals surface area contributed by atoms with Gasteiger partial charge in [-0.1, -0.05) is 6.07 Å². The molecule has 1 N–H and O–H groups in total. The summed E-state index contributed by atoms with van der Waals surface area (Å²) in [5, 5.41) is 3.34. The van der Waals surface area contributed by atoms with Gasteiger partial charge in [-0.3, -0.25) is 9.69 Å². The predicted octanol–water partition coefficient (Wildman–Crippen LogP) is 2.44. The van der Waals surface area contributed by atoms with Gasteiger partial charge < -0.3 is 10.2 Å². The number of nitrogens with zero attached hydrogens (tertiary/aromatic N) is 2. The van der Waals surface area contributed by atoms with Crippen molar-refractivity contribution in [3.63, 3.8) is 0 Å². The number of piperazine rings is 1. The maximum atomic E-state index is 12.9. The van der Waals surface area contributed by atoms with Crippen molar-refractivity contribution < 1.29 is 4.79 Å². The zero-order valence-electron chi connectivity index (χ0n) is 13.5. The van der Waals surface area contributed by atoms with Crippen molar-refractivity contribution in [2.45, 2.75) is 44.9 Å². The van der Waals surface area contributed by atoms with Crippen LogP contribution in [0.2, 0.25) is 0 Å². The molecule has 0 spiro atoms. The Morgan fingerprint density at radius 1 is 1.17 bits per heavy atom. The first-order valence-electron chi connectivity index (χ1n) is 8.10. The Kier molecular flexibility index (Phi) is 5.95. The maximum absolute atomic E-state index is 12.9. The molecular formula is C17H25Cl2N3O. The van der Waals surface area contributed by atoms with Crippen LogP contribution >= 0.6 is 24.8 Å². The minimum absolute atomic E-state index is 0. The van der Waals surface area contributed by atoms with Crippen molar-refractivity contribution in [3.8, 4) is 0 Å². The smallest absolute Gasteiger partial charge is 0.254 e. The van der Waals surface area contributed by atoms with Crippen LogP contribution in [0, 0.1) is 0 Å². The standard InChI is InChI=1S/C17H23N3O.2ClH/c1-12-10-19-6-2-3-16(19)11-20(12)17(21)13-4-5-14-8-18-9-15(14)7-13;;/h4-5,7,12,16,18H,2-3,6,8-11H2,1H3;2*1H. The van der Waals surface area contributed by atoms with Crippen LogP contribution in [0.1, 0.15) is 41.3 Å². The molecule has 1 aromatic rings. The summed E-state index contributed by atoms with van der Waals surface area (Å²) in [4.78, 5) is 17.5. The van der Waals surface area contributed by atoms with Gasteiger partial charge in [-0.2, -0.15) is 0 Å². The SMILES string of the molecule is CC1CN2CCCC2CN1C(=O)c1ccc2c(c1)CNC2.Cl.Cl. The first kappa shape index (κ1) is 18.5. The summed E-state index contributed by atoms with van der Waals surface area (Å²) in [6.45, 7) is 7.14. The van der Waals surface area contributed by atoms with Gasteiger partial charge in [0, 0.05) is 43.8 Å². The molecule has 3 aliphatic rings. The molecule has 1 amide bonds. The molecule has 3 heterocycles. The van der Waals surface area contributed by atoms with Crippen molar-refractivity contribution >= 4 is 30.7 Å². The second-order valence-corrected chi connectivity index (χ2v) is 6.68. The van der Waals surface area contributed by atoms with E-state index < -0.39 is 0 Å². The Hall–Kier alpha value is -0.810. The van der Waals surface area contributed by atoms with Crippen molar-refractivity contribution in [3.05, 3.63) is 34.9 Å². The minimum Gasteiger partial charge on any atom is -0.333 e. The van der Waals surface area contributed by atoms with Gasteiger partial charge in [0.1, 0.15) is 0 Å². The van der Waals surface area contributed by atoms with E-state index in [9.17, 15) is 4.79 Å². The quantitative estimate of drug-likeness (QED) is 0.838. The lowest BCUT2D eigenvalue weighted by atomic mass is 10.0. The van der Waals surface area contributed by atoms with E-state index in [1.165, 1.54) is 30.5 Å². The van der Waals surface area contributed by atoms with Gasteiger partial charge in [0.05, 0.1) is 0 Å². The van der Waals surface area contributed by atoms with Crippen LogP contribution in [0.25, 0.3) is 0 Å². The summed E-state index contributed by atoms with van der Waals surface area (Å²) < 4.78 is 0. The van der Waals surface area contributed by atoms with Gasteiger partial charge >= 0.3 is 0 Å². The third kappa shape index (κ3) is 3.36. The highest BCUT2D eigenvalue weighted by Crippen LogP contribution is 2.26. The minimum atomic E-state index is 0. The topological polar surface area (TPSA) is 35.6 Å². The molecule has 0 aliphatic carbocycles. The number of nitrogens with one attached hydrogen (secondary N) is 1. The second kappa shape index (κ2) is 7.39. The number of carbonyl (C=O) groups excluding carboxylic acids is 1. The zero-order valence-corrected chi connectivity index (χ0v) is 15.1. The number of benzene rings is 1. The third-order valence-corrected chi connectivity index (χ3v) is 5.28. The van der Waals surface area contributed by atoms with Gasteiger partial charge in [0.2, 0.25) is 0 Å². The second-order valence-electron chi connectivity index (χ2n) is 6.68. The van der Waals surface area contributed by atoms with Crippen molar-refractivity contribution in [1.29, 1.82) is 0 Å². The van der Waals surface area contributed by atoms with Gasteiger partial charge in [-0.15, -0.1) is 24.8 Å². The largest absolute Gasteiger partial charge is 0.333 e. The van der Waals surface area contributed by atoms with E-state index in [4.69, 9.17) is 0 Å². The fraction of sp³-hybridized carbons (Fsp3) is 0.588. The first-order valence-corrected chi connectivity index (χ1v) is 8.10. The van der Waals surface area contributed by atoms with Crippen LogP contribution in [-0.2, 0) is 13.1 Å². The van der Waals surface area contributed by atoms with Crippen LogP contribution in [0.5, 0.6) is 0 Å². The molecule has 0 bridgehead atoms. The molecule has 0 saturated carbocycles. The van der Waals surface area contributed by atoms with Crippen LogP contribution in [-0.4, -0.2) is 47.4 Å². The zero-order chi connectivity index (χ0) is 14.4. The molecule has 2 fully saturated rings. The molecule has 4 rings (SSSR count). The number of hydrogen-bond acceptors (Lipinski definition) is 3. The molecule has 2 saturated heterocycles. The summed E-state index contributed by atoms with van der Waals surface area (Å²) in [6.07, 6.45) is 2.52. The van der Waals surface area contributed by atoms with Crippen molar-refractivity contribution in [2.75, 3.05) is 19.6 Å². The highest BCUT2D eigenvalue weighted by molar-refractivity contribution is 5.95. The third-order valence-electron chi connectivity index (χ3n) is 5.28. The molecule has 3 aliphatic heterocycles. The molecule has 1 aromatic carbocycles. The van der Waals surface area contributed by atoms with Gasteiger partial charge in [0.25, 0.3) is 5.91 Å². The van der Waals surface area contributed by atoms with Crippen LogP contribution in [0.3, 0.4) is 0 Å². The molecule has 0 aromatic heterocycles. The normalized spacial score (nSPS) is 26.0. The van der Waals surface area contributed by atoms with E-state index >= 15 is 0 Å². The number of hydrogen-bond donors (Lipinski definition) is 1. The van der Waals surface area contributed by atoms with Gasteiger partial charge in [-0.25, -0.2) is 0 Å². The molecule has 4 nitrogen and oxygen atoms in total. The average molecular weight is 358 g/mol. The average Bonchev–Trinajstić information content (AvgIpc) is 3.12. The first-order chi connectivity index (χ1) is 10.2. The number of amides is 1. The van der Waals surface area contributed by atoms with Crippen LogP contribution in [0.15, 0.2) is 18.2 Å². The van der Waals surface area contributed by atoms with E-state index in [0.29, 0.717) is 12.1 Å². The van der Waals surface area contributed by atoms with E-state index in [1.807, 2.05) is 6.07 Å². The molecule has 128 valence electrons. The highest BCUT2D eigenvalue weighted by atomic mass is 35.5. The molecule has 2 atom stereocenters. The maximum Gasteiger partial charge on any atom is 0.254 e. The van der Waals surface area contributed by atoms with E-state index in [1.54, 1.807) is 0 Å². The summed E-state index contributed by atoms with van der Waals surface area (Å²) in [6, 6.07) is 7.10. The Labute approximate surface area is 150 Å². The lowest BCUT2D eigenvalue weighted by molar-refractivity contribution is 0.0395. The number of fused-ring (bicyclic) bond motifs is 2. The molecule has 0 radical (unpaired) electrons.